The molecular formula is C12H10ClFN4O2. The van der Waals surface area contributed by atoms with Crippen LogP contribution in [-0.2, 0) is 0 Å². The molecule has 0 aliphatic carbocycles. The summed E-state index contributed by atoms with van der Waals surface area (Å²) >= 11 is 5.61. The van der Waals surface area contributed by atoms with Gasteiger partial charge in [0.2, 0.25) is 11.8 Å². The first-order valence-corrected chi connectivity index (χ1v) is 5.86. The zero-order valence-electron chi connectivity index (χ0n) is 10.4. The molecule has 0 saturated heterocycles. The summed E-state index contributed by atoms with van der Waals surface area (Å²) in [5.41, 5.74) is 4.58. The number of nitrogens with one attached hydrogen (secondary N) is 2. The van der Waals surface area contributed by atoms with Crippen molar-refractivity contribution in [3.05, 3.63) is 46.9 Å². The molecule has 0 radical (unpaired) electrons. The van der Waals surface area contributed by atoms with Gasteiger partial charge in [-0.15, -0.1) is 0 Å². The number of ether oxygens (including phenoxy) is 1. The topological polar surface area (TPSA) is 76.1 Å². The van der Waals surface area contributed by atoms with Crippen LogP contribution < -0.4 is 15.6 Å². The number of carbonyl (C=O) groups is 1. The van der Waals surface area contributed by atoms with Crippen molar-refractivity contribution in [2.45, 2.75) is 0 Å². The van der Waals surface area contributed by atoms with Crippen LogP contribution in [0.2, 0.25) is 5.02 Å². The van der Waals surface area contributed by atoms with Crippen LogP contribution in [0.1, 0.15) is 10.4 Å². The van der Waals surface area contributed by atoms with Gasteiger partial charge in [-0.3, -0.25) is 15.6 Å². The fraction of sp³-hybridized carbons (Fsp3) is 0.0833. The van der Waals surface area contributed by atoms with Gasteiger partial charge in [-0.1, -0.05) is 11.6 Å². The summed E-state index contributed by atoms with van der Waals surface area (Å²) in [6, 6.07) is 5.30. The highest BCUT2D eigenvalue weighted by Gasteiger charge is 2.12. The number of nitrogens with zero attached hydrogens (tertiary/aromatic N) is 2. The van der Waals surface area contributed by atoms with Gasteiger partial charge in [-0.25, -0.2) is 9.37 Å². The van der Waals surface area contributed by atoms with Crippen LogP contribution in [0.5, 0.6) is 5.88 Å². The number of hydrogen-bond donors (Lipinski definition) is 2. The Kier molecular flexibility index (Phi) is 4.31. The Balaban J connectivity index is 2.04. The second-order valence-corrected chi connectivity index (χ2v) is 4.06. The standard InChI is InChI=1S/C12H10ClFN4O2/c1-20-10-4-5-15-12(16-10)18-17-11(19)8-3-2-7(13)6-9(8)14/h2-6H,1H3,(H,17,19)(H,15,16,18). The first kappa shape index (κ1) is 14.0. The third-order valence-electron chi connectivity index (χ3n) is 2.30. The Morgan fingerprint density at radius 1 is 1.40 bits per heavy atom. The van der Waals surface area contributed by atoms with Crippen molar-refractivity contribution in [1.29, 1.82) is 0 Å². The minimum atomic E-state index is -0.719. The van der Waals surface area contributed by atoms with Crippen LogP contribution in [0.4, 0.5) is 10.3 Å². The molecule has 1 aromatic heterocycles. The van der Waals surface area contributed by atoms with Crippen molar-refractivity contribution in [3.8, 4) is 5.88 Å². The zero-order chi connectivity index (χ0) is 14.5. The second-order valence-electron chi connectivity index (χ2n) is 3.63. The molecule has 0 spiro atoms. The summed E-state index contributed by atoms with van der Waals surface area (Å²) in [6.45, 7) is 0. The Morgan fingerprint density at radius 2 is 2.20 bits per heavy atom. The molecule has 0 bridgehead atoms. The molecule has 0 fully saturated rings. The fourth-order valence-electron chi connectivity index (χ4n) is 1.37. The number of hydrogen-bond acceptors (Lipinski definition) is 5. The molecular weight excluding hydrogens is 287 g/mol. The lowest BCUT2D eigenvalue weighted by atomic mass is 10.2. The van der Waals surface area contributed by atoms with Crippen molar-refractivity contribution in [1.82, 2.24) is 15.4 Å². The summed E-state index contributed by atoms with van der Waals surface area (Å²) in [6.07, 6.45) is 1.45. The predicted octanol–water partition coefficient (Wildman–Crippen LogP) is 2.03. The number of anilines is 1. The molecule has 0 unspecified atom stereocenters. The molecule has 104 valence electrons. The van der Waals surface area contributed by atoms with Gasteiger partial charge in [0.1, 0.15) is 5.82 Å². The highest BCUT2D eigenvalue weighted by atomic mass is 35.5. The molecule has 1 heterocycles. The molecule has 8 heteroatoms. The number of benzene rings is 1. The minimum Gasteiger partial charge on any atom is -0.481 e. The molecule has 2 rings (SSSR count). The van der Waals surface area contributed by atoms with Gasteiger partial charge in [0.05, 0.1) is 12.7 Å². The normalized spacial score (nSPS) is 9.95. The lowest BCUT2D eigenvalue weighted by Gasteiger charge is -2.08. The van der Waals surface area contributed by atoms with Gasteiger partial charge in [0, 0.05) is 17.3 Å². The van der Waals surface area contributed by atoms with Crippen LogP contribution >= 0.6 is 11.6 Å². The van der Waals surface area contributed by atoms with E-state index in [1.807, 2.05) is 0 Å². The smallest absolute Gasteiger partial charge is 0.272 e. The van der Waals surface area contributed by atoms with Crippen molar-refractivity contribution in [2.75, 3.05) is 12.5 Å². The van der Waals surface area contributed by atoms with E-state index in [0.29, 0.717) is 5.88 Å². The number of methoxy groups -OCH3 is 1. The Labute approximate surface area is 118 Å². The van der Waals surface area contributed by atoms with E-state index in [2.05, 4.69) is 20.8 Å². The van der Waals surface area contributed by atoms with E-state index in [-0.39, 0.29) is 16.5 Å². The monoisotopic (exact) mass is 296 g/mol. The lowest BCUT2D eigenvalue weighted by molar-refractivity contribution is 0.0958. The van der Waals surface area contributed by atoms with E-state index in [1.54, 1.807) is 6.07 Å². The third kappa shape index (κ3) is 3.33. The number of hydrazine groups is 1. The zero-order valence-corrected chi connectivity index (χ0v) is 11.1. The van der Waals surface area contributed by atoms with Crippen molar-refractivity contribution in [3.63, 3.8) is 0 Å². The van der Waals surface area contributed by atoms with Gasteiger partial charge in [-0.2, -0.15) is 4.98 Å². The summed E-state index contributed by atoms with van der Waals surface area (Å²) in [5.74, 6) is -0.949. The van der Waals surface area contributed by atoms with Crippen LogP contribution in [-0.4, -0.2) is 23.0 Å². The van der Waals surface area contributed by atoms with E-state index >= 15 is 0 Å². The molecule has 1 amide bonds. The van der Waals surface area contributed by atoms with Gasteiger partial charge in [0.25, 0.3) is 5.91 Å². The van der Waals surface area contributed by atoms with Gasteiger partial charge in [0.15, 0.2) is 0 Å². The average Bonchev–Trinajstić information content (AvgIpc) is 2.45. The molecule has 20 heavy (non-hydrogen) atoms. The number of aromatic nitrogens is 2. The lowest BCUT2D eigenvalue weighted by Crippen LogP contribution is -2.31. The molecule has 1 aromatic carbocycles. The van der Waals surface area contributed by atoms with E-state index in [9.17, 15) is 9.18 Å². The van der Waals surface area contributed by atoms with E-state index in [0.717, 1.165) is 6.07 Å². The molecule has 0 aliphatic rings. The molecule has 2 N–H and O–H groups in total. The largest absolute Gasteiger partial charge is 0.481 e. The summed E-state index contributed by atoms with van der Waals surface area (Å²) in [7, 11) is 1.45. The summed E-state index contributed by atoms with van der Waals surface area (Å²) in [4.78, 5) is 19.5. The Morgan fingerprint density at radius 3 is 2.90 bits per heavy atom. The van der Waals surface area contributed by atoms with Crippen LogP contribution in [0.15, 0.2) is 30.5 Å². The third-order valence-corrected chi connectivity index (χ3v) is 2.54. The van der Waals surface area contributed by atoms with Crippen LogP contribution in [0.3, 0.4) is 0 Å². The maximum absolute atomic E-state index is 13.5. The molecule has 0 aliphatic heterocycles. The van der Waals surface area contributed by atoms with Crippen LogP contribution in [0, 0.1) is 5.82 Å². The number of halogens is 2. The molecule has 0 atom stereocenters. The quantitative estimate of drug-likeness (QED) is 0.844. The van der Waals surface area contributed by atoms with Gasteiger partial charge in [-0.05, 0) is 18.2 Å². The highest BCUT2D eigenvalue weighted by molar-refractivity contribution is 6.30. The first-order valence-electron chi connectivity index (χ1n) is 5.48. The number of amides is 1. The Hall–Kier alpha value is -2.41. The maximum atomic E-state index is 13.5. The minimum absolute atomic E-state index is 0.118. The summed E-state index contributed by atoms with van der Waals surface area (Å²) < 4.78 is 18.4. The van der Waals surface area contributed by atoms with Crippen LogP contribution in [0.25, 0.3) is 0 Å². The maximum Gasteiger partial charge on any atom is 0.272 e. The first-order chi connectivity index (χ1) is 9.60. The molecule has 0 saturated carbocycles. The SMILES string of the molecule is COc1ccnc(NNC(=O)c2ccc(Cl)cc2F)n1. The fourth-order valence-corrected chi connectivity index (χ4v) is 1.53. The Bertz CT molecular complexity index is 639. The van der Waals surface area contributed by atoms with E-state index < -0.39 is 11.7 Å². The van der Waals surface area contributed by atoms with E-state index in [1.165, 1.54) is 25.4 Å². The van der Waals surface area contributed by atoms with Crippen molar-refractivity contribution < 1.29 is 13.9 Å². The van der Waals surface area contributed by atoms with Gasteiger partial charge >= 0.3 is 0 Å². The summed E-state index contributed by atoms with van der Waals surface area (Å²) in [5, 5.41) is 0.211. The van der Waals surface area contributed by atoms with Crippen molar-refractivity contribution in [2.24, 2.45) is 0 Å². The van der Waals surface area contributed by atoms with Gasteiger partial charge < -0.3 is 4.74 Å². The average molecular weight is 297 g/mol. The number of carbonyl (C=O) groups excluding carboxylic acids is 1. The van der Waals surface area contributed by atoms with Crippen molar-refractivity contribution >= 4 is 23.5 Å². The second kappa shape index (κ2) is 6.16. The van der Waals surface area contributed by atoms with E-state index in [4.69, 9.17) is 16.3 Å². The molecule has 2 aromatic rings. The predicted molar refractivity (Wildman–Crippen MR) is 71.1 cm³/mol. The highest BCUT2D eigenvalue weighted by Crippen LogP contribution is 2.14. The molecule has 6 nitrogen and oxygen atoms in total. The number of rotatable bonds is 4.